The van der Waals surface area contributed by atoms with Crippen LogP contribution < -0.4 is 0 Å². The van der Waals surface area contributed by atoms with Crippen LogP contribution in [0.4, 0.5) is 0 Å². The van der Waals surface area contributed by atoms with Crippen LogP contribution in [0.5, 0.6) is 0 Å². The van der Waals surface area contributed by atoms with Crippen LogP contribution in [0.3, 0.4) is 0 Å². The summed E-state index contributed by atoms with van der Waals surface area (Å²) >= 11 is 0. The molecule has 0 aromatic heterocycles. The van der Waals surface area contributed by atoms with Crippen LogP contribution >= 0.6 is 0 Å². The molecule has 0 radical (unpaired) electrons. The highest BCUT2D eigenvalue weighted by Gasteiger charge is 2.15. The quantitative estimate of drug-likeness (QED) is 0.275. The Morgan fingerprint density at radius 3 is 1.38 bits per heavy atom. The first-order chi connectivity index (χ1) is 12.6. The van der Waals surface area contributed by atoms with Gasteiger partial charge >= 0.3 is 0 Å². The fourth-order valence-electron chi connectivity index (χ4n) is 3.50. The molecule has 0 aliphatic rings. The minimum absolute atomic E-state index is 0.0769. The van der Waals surface area contributed by atoms with Gasteiger partial charge in [0.2, 0.25) is 0 Å². The molecule has 0 rings (SSSR count). The van der Waals surface area contributed by atoms with Gasteiger partial charge in [-0.15, -0.1) is 0 Å². The van der Waals surface area contributed by atoms with Crippen LogP contribution in [-0.4, -0.2) is 58.7 Å². The fraction of sp³-hybridized carbons (Fsp3) is 1.00. The molecule has 4 nitrogen and oxygen atoms in total. The molecule has 2 atom stereocenters. The lowest BCUT2D eigenvalue weighted by molar-refractivity contribution is 0.0519. The molecule has 0 heterocycles. The predicted molar refractivity (Wildman–Crippen MR) is 112 cm³/mol. The molecule has 0 aromatic rings. The summed E-state index contributed by atoms with van der Waals surface area (Å²) in [4.78, 5) is 2.02. The first kappa shape index (κ1) is 25.8. The Kier molecular flexibility index (Phi) is 19.5. The number of aliphatic hydroxyl groups excluding tert-OH is 3. The van der Waals surface area contributed by atoms with Crippen molar-refractivity contribution in [2.24, 2.45) is 0 Å². The second-order valence-corrected chi connectivity index (χ2v) is 7.90. The van der Waals surface area contributed by atoms with Gasteiger partial charge < -0.3 is 15.3 Å². The molecule has 4 heteroatoms. The van der Waals surface area contributed by atoms with E-state index < -0.39 is 0 Å². The van der Waals surface area contributed by atoms with Crippen molar-refractivity contribution in [3.63, 3.8) is 0 Å². The van der Waals surface area contributed by atoms with Crippen LogP contribution in [0.15, 0.2) is 0 Å². The molecule has 0 aromatic carbocycles. The van der Waals surface area contributed by atoms with Crippen molar-refractivity contribution in [3.05, 3.63) is 0 Å². The zero-order valence-corrected chi connectivity index (χ0v) is 17.7. The minimum atomic E-state index is -0.353. The minimum Gasteiger partial charge on any atom is -0.395 e. The highest BCUT2D eigenvalue weighted by atomic mass is 16.3. The monoisotopic (exact) mass is 373 g/mol. The van der Waals surface area contributed by atoms with E-state index in [2.05, 4.69) is 13.8 Å². The third-order valence-corrected chi connectivity index (χ3v) is 5.14. The largest absolute Gasteiger partial charge is 0.395 e. The van der Waals surface area contributed by atoms with E-state index in [1.807, 2.05) is 4.90 Å². The second kappa shape index (κ2) is 19.6. The van der Waals surface area contributed by atoms with Crippen LogP contribution in [-0.2, 0) is 0 Å². The highest BCUT2D eigenvalue weighted by molar-refractivity contribution is 4.69. The van der Waals surface area contributed by atoms with Gasteiger partial charge in [0.05, 0.1) is 18.8 Å². The third-order valence-electron chi connectivity index (χ3n) is 5.14. The van der Waals surface area contributed by atoms with Gasteiger partial charge in [-0.3, -0.25) is 4.90 Å². The number of hydrogen-bond donors (Lipinski definition) is 3. The van der Waals surface area contributed by atoms with Gasteiger partial charge in [-0.2, -0.15) is 0 Å². The maximum absolute atomic E-state index is 10.3. The fourth-order valence-corrected chi connectivity index (χ4v) is 3.50. The van der Waals surface area contributed by atoms with E-state index in [0.717, 1.165) is 25.7 Å². The van der Waals surface area contributed by atoms with Gasteiger partial charge in [0.15, 0.2) is 0 Å². The van der Waals surface area contributed by atoms with Gasteiger partial charge in [0.25, 0.3) is 0 Å². The zero-order valence-electron chi connectivity index (χ0n) is 17.7. The van der Waals surface area contributed by atoms with Crippen molar-refractivity contribution in [2.75, 3.05) is 26.2 Å². The van der Waals surface area contributed by atoms with E-state index >= 15 is 0 Å². The summed E-state index contributed by atoms with van der Waals surface area (Å²) in [5, 5.41) is 29.8. The number of aliphatic hydroxyl groups is 3. The molecule has 158 valence electrons. The summed E-state index contributed by atoms with van der Waals surface area (Å²) in [5.74, 6) is 0. The molecule has 0 spiro atoms. The molecular weight excluding hydrogens is 326 g/mol. The Hall–Kier alpha value is -0.160. The van der Waals surface area contributed by atoms with E-state index in [1.165, 1.54) is 64.2 Å². The second-order valence-electron chi connectivity index (χ2n) is 7.90. The van der Waals surface area contributed by atoms with Crippen LogP contribution in [0.25, 0.3) is 0 Å². The van der Waals surface area contributed by atoms with Crippen molar-refractivity contribution < 1.29 is 15.3 Å². The normalized spacial score (nSPS) is 14.1. The summed E-state index contributed by atoms with van der Waals surface area (Å²) < 4.78 is 0. The molecule has 3 N–H and O–H groups in total. The number of rotatable bonds is 20. The Morgan fingerprint density at radius 1 is 0.615 bits per heavy atom. The molecular formula is C22H47NO3. The first-order valence-electron chi connectivity index (χ1n) is 11.3. The van der Waals surface area contributed by atoms with Crippen LogP contribution in [0.1, 0.15) is 104 Å². The lowest BCUT2D eigenvalue weighted by Crippen LogP contribution is -2.39. The van der Waals surface area contributed by atoms with Gasteiger partial charge in [-0.05, 0) is 12.8 Å². The number of hydrogen-bond acceptors (Lipinski definition) is 4. The summed E-state index contributed by atoms with van der Waals surface area (Å²) in [6, 6.07) is 0. The maximum Gasteiger partial charge on any atom is 0.0667 e. The van der Waals surface area contributed by atoms with E-state index in [4.69, 9.17) is 0 Å². The number of unbranched alkanes of at least 4 members (excludes halogenated alkanes) is 10. The van der Waals surface area contributed by atoms with Crippen molar-refractivity contribution in [3.8, 4) is 0 Å². The lowest BCUT2D eigenvalue weighted by Gasteiger charge is -2.26. The molecule has 0 aliphatic carbocycles. The van der Waals surface area contributed by atoms with E-state index in [9.17, 15) is 15.3 Å². The lowest BCUT2D eigenvalue weighted by atomic mass is 10.1. The van der Waals surface area contributed by atoms with E-state index in [0.29, 0.717) is 19.6 Å². The standard InChI is InChI=1S/C22H47NO3/c1-3-5-7-9-11-13-15-21(25)19-23(17-18-24)20-22(26)16-14-12-10-8-6-4-2/h21-22,24-26H,3-20H2,1-2H3. The molecule has 0 amide bonds. The Labute approximate surface area is 163 Å². The van der Waals surface area contributed by atoms with E-state index in [-0.39, 0.29) is 18.8 Å². The third kappa shape index (κ3) is 17.3. The summed E-state index contributed by atoms with van der Waals surface area (Å²) in [6.45, 7) is 6.17. The van der Waals surface area contributed by atoms with Gasteiger partial charge in [-0.1, -0.05) is 90.9 Å². The molecule has 0 saturated heterocycles. The average Bonchev–Trinajstić information content (AvgIpc) is 2.61. The molecule has 0 aliphatic heterocycles. The molecule has 26 heavy (non-hydrogen) atoms. The summed E-state index contributed by atoms with van der Waals surface area (Å²) in [7, 11) is 0. The first-order valence-corrected chi connectivity index (χ1v) is 11.3. The van der Waals surface area contributed by atoms with Crippen LogP contribution in [0, 0.1) is 0 Å². The van der Waals surface area contributed by atoms with Crippen molar-refractivity contribution in [1.82, 2.24) is 4.90 Å². The Bertz CT molecular complexity index is 252. The van der Waals surface area contributed by atoms with Gasteiger partial charge in [0, 0.05) is 19.6 Å². The summed E-state index contributed by atoms with van der Waals surface area (Å²) in [6.07, 6.45) is 15.7. The summed E-state index contributed by atoms with van der Waals surface area (Å²) in [5.41, 5.74) is 0. The molecule has 0 bridgehead atoms. The predicted octanol–water partition coefficient (Wildman–Crippen LogP) is 4.50. The smallest absolute Gasteiger partial charge is 0.0667 e. The van der Waals surface area contributed by atoms with Crippen molar-refractivity contribution in [1.29, 1.82) is 0 Å². The Morgan fingerprint density at radius 2 is 1.00 bits per heavy atom. The molecule has 0 saturated carbocycles. The van der Waals surface area contributed by atoms with Crippen molar-refractivity contribution >= 4 is 0 Å². The topological polar surface area (TPSA) is 63.9 Å². The number of nitrogens with zero attached hydrogens (tertiary/aromatic N) is 1. The SMILES string of the molecule is CCCCCCCCC(O)CN(CCO)CC(O)CCCCCCCC. The van der Waals surface area contributed by atoms with Gasteiger partial charge in [-0.25, -0.2) is 0 Å². The molecule has 2 unspecified atom stereocenters. The Balaban J connectivity index is 3.84. The zero-order chi connectivity index (χ0) is 19.5. The van der Waals surface area contributed by atoms with Crippen molar-refractivity contribution in [2.45, 2.75) is 116 Å². The van der Waals surface area contributed by atoms with Crippen LogP contribution in [0.2, 0.25) is 0 Å². The highest BCUT2D eigenvalue weighted by Crippen LogP contribution is 2.12. The molecule has 0 fully saturated rings. The van der Waals surface area contributed by atoms with E-state index in [1.54, 1.807) is 0 Å². The average molecular weight is 374 g/mol. The van der Waals surface area contributed by atoms with Gasteiger partial charge in [0.1, 0.15) is 0 Å². The maximum atomic E-state index is 10.3.